The number of aryl methyl sites for hydroxylation is 4. The number of hydrogen-bond acceptors (Lipinski definition) is 12. The van der Waals surface area contributed by atoms with E-state index in [2.05, 4.69) is 46.1 Å². The van der Waals surface area contributed by atoms with Crippen LogP contribution in [0.25, 0.3) is 49.3 Å². The molecule has 8 aromatic heterocycles. The highest BCUT2D eigenvalue weighted by Crippen LogP contribution is 2.38. The van der Waals surface area contributed by atoms with Crippen molar-refractivity contribution in [3.63, 3.8) is 0 Å². The van der Waals surface area contributed by atoms with Crippen LogP contribution in [-0.2, 0) is 7.05 Å². The zero-order valence-electron chi connectivity index (χ0n) is 49.6. The zero-order valence-corrected chi connectivity index (χ0v) is 51.9. The van der Waals surface area contributed by atoms with Crippen molar-refractivity contribution in [2.75, 3.05) is 0 Å². The molecule has 450 valence electrons. The zero-order chi connectivity index (χ0) is 63.1. The van der Waals surface area contributed by atoms with Gasteiger partial charge in [-0.1, -0.05) is 89.4 Å². The van der Waals surface area contributed by atoms with Crippen molar-refractivity contribution in [2.45, 2.75) is 85.5 Å². The summed E-state index contributed by atoms with van der Waals surface area (Å²) in [6.07, 6.45) is 10.2. The van der Waals surface area contributed by atoms with Crippen LogP contribution in [0.2, 0.25) is 15.1 Å². The van der Waals surface area contributed by atoms with Gasteiger partial charge in [0.2, 0.25) is 0 Å². The molecule has 20 nitrogen and oxygen atoms in total. The smallest absolute Gasteiger partial charge is 0.272 e. The minimum absolute atomic E-state index is 0.106. The van der Waals surface area contributed by atoms with Crippen molar-refractivity contribution in [1.82, 2.24) is 68.8 Å². The molecule has 12 aromatic rings. The Kier molecular flexibility index (Phi) is 17.1. The Bertz CT molecular complexity index is 5000. The highest BCUT2D eigenvalue weighted by molar-refractivity contribution is 6.36. The van der Waals surface area contributed by atoms with Crippen molar-refractivity contribution in [1.29, 1.82) is 0 Å². The van der Waals surface area contributed by atoms with Crippen molar-refractivity contribution in [3.8, 4) is 5.69 Å². The number of fused-ring (bicyclic) bond motifs is 5. The molecule has 89 heavy (non-hydrogen) atoms. The topological polar surface area (TPSA) is 239 Å². The summed E-state index contributed by atoms with van der Waals surface area (Å²) < 4.78 is 8.06. The number of para-hydroxylation sites is 1. The van der Waals surface area contributed by atoms with Crippen LogP contribution in [-0.4, -0.2) is 70.6 Å². The number of nitrogens with one attached hydrogen (secondary N) is 3. The molecule has 0 unspecified atom stereocenters. The van der Waals surface area contributed by atoms with Gasteiger partial charge < -0.3 is 25.1 Å². The Balaban J connectivity index is 0.000000138. The van der Waals surface area contributed by atoms with Crippen molar-refractivity contribution in [2.24, 2.45) is 7.05 Å². The number of amides is 3. The largest absolute Gasteiger partial charge is 0.344 e. The Labute approximate surface area is 523 Å². The second-order valence-electron chi connectivity index (χ2n) is 21.8. The minimum Gasteiger partial charge on any atom is -0.344 e. The van der Waals surface area contributed by atoms with E-state index in [1.165, 1.54) is 4.57 Å². The van der Waals surface area contributed by atoms with Gasteiger partial charge >= 0.3 is 0 Å². The predicted octanol–water partition coefficient (Wildman–Crippen LogP) is 11.4. The first-order chi connectivity index (χ1) is 42.7. The lowest BCUT2D eigenvalue weighted by Gasteiger charge is -2.21. The average Bonchev–Trinajstić information content (AvgIpc) is 1.78. The molecule has 23 heteroatoms. The summed E-state index contributed by atoms with van der Waals surface area (Å²) in [7, 11) is 1.67. The Morgan fingerprint density at radius 1 is 0.528 bits per heavy atom. The number of pyridine rings is 3. The quantitative estimate of drug-likeness (QED) is 0.110. The molecule has 1 aliphatic carbocycles. The van der Waals surface area contributed by atoms with Crippen LogP contribution in [0.1, 0.15) is 129 Å². The molecular formula is C66H59Cl3N14O6. The van der Waals surface area contributed by atoms with Crippen LogP contribution in [0.15, 0.2) is 161 Å². The van der Waals surface area contributed by atoms with Gasteiger partial charge in [0, 0.05) is 66.8 Å². The van der Waals surface area contributed by atoms with Gasteiger partial charge in [0.25, 0.3) is 34.4 Å². The summed E-state index contributed by atoms with van der Waals surface area (Å²) >= 11 is 18.9. The van der Waals surface area contributed by atoms with E-state index in [0.717, 1.165) is 35.0 Å². The summed E-state index contributed by atoms with van der Waals surface area (Å²) in [5.41, 5.74) is 6.82. The molecule has 0 spiro atoms. The highest BCUT2D eigenvalue weighted by Gasteiger charge is 2.31. The first-order valence-electron chi connectivity index (χ1n) is 28.5. The predicted molar refractivity (Wildman–Crippen MR) is 345 cm³/mol. The summed E-state index contributed by atoms with van der Waals surface area (Å²) in [5.74, 6) is -0.914. The molecule has 1 aliphatic rings. The van der Waals surface area contributed by atoms with Crippen LogP contribution in [0.3, 0.4) is 0 Å². The summed E-state index contributed by atoms with van der Waals surface area (Å²) in [5, 5.41) is 22.5. The second kappa shape index (κ2) is 25.1. The number of carbonyl (C=O) groups excluding carboxylic acids is 3. The molecule has 0 radical (unpaired) electrons. The number of rotatable bonds is 11. The van der Waals surface area contributed by atoms with Gasteiger partial charge in [-0.15, -0.1) is 0 Å². The highest BCUT2D eigenvalue weighted by atomic mass is 35.5. The van der Waals surface area contributed by atoms with Crippen molar-refractivity contribution >= 4 is 96.1 Å². The third-order valence-electron chi connectivity index (χ3n) is 15.5. The Hall–Kier alpha value is -9.89. The Morgan fingerprint density at radius 3 is 1.51 bits per heavy atom. The number of hydrogen-bond donors (Lipinski definition) is 3. The lowest BCUT2D eigenvalue weighted by Crippen LogP contribution is -2.33. The van der Waals surface area contributed by atoms with Gasteiger partial charge in [-0.25, -0.2) is 24.0 Å². The van der Waals surface area contributed by atoms with E-state index in [1.807, 2.05) is 100 Å². The van der Waals surface area contributed by atoms with E-state index in [0.29, 0.717) is 93.2 Å². The molecule has 0 bridgehead atoms. The van der Waals surface area contributed by atoms with Gasteiger partial charge in [0.05, 0.1) is 72.1 Å². The fourth-order valence-corrected chi connectivity index (χ4v) is 11.9. The molecule has 3 atom stereocenters. The molecule has 1 fully saturated rings. The van der Waals surface area contributed by atoms with E-state index in [9.17, 15) is 28.8 Å². The van der Waals surface area contributed by atoms with E-state index in [-0.39, 0.29) is 52.2 Å². The molecule has 13 rings (SSSR count). The van der Waals surface area contributed by atoms with Crippen LogP contribution < -0.4 is 32.6 Å². The molecular weight excluding hydrogens is 1190 g/mol. The number of nitrogens with zero attached hydrogens (tertiary/aromatic N) is 11. The van der Waals surface area contributed by atoms with Gasteiger partial charge in [0.1, 0.15) is 16.8 Å². The number of aromatic nitrogens is 11. The van der Waals surface area contributed by atoms with Gasteiger partial charge in [-0.3, -0.25) is 38.3 Å². The van der Waals surface area contributed by atoms with Crippen LogP contribution in [0, 0.1) is 27.7 Å². The summed E-state index contributed by atoms with van der Waals surface area (Å²) in [6, 6.07) is 33.5. The minimum atomic E-state index is -0.480. The monoisotopic (exact) mass is 1250 g/mol. The number of benzene rings is 4. The van der Waals surface area contributed by atoms with E-state index in [4.69, 9.17) is 34.8 Å². The second-order valence-corrected chi connectivity index (χ2v) is 23.0. The maximum absolute atomic E-state index is 13.5. The molecule has 0 aliphatic heterocycles. The molecule has 8 heterocycles. The van der Waals surface area contributed by atoms with Crippen LogP contribution in [0.4, 0.5) is 0 Å². The van der Waals surface area contributed by atoms with E-state index in [1.54, 1.807) is 119 Å². The van der Waals surface area contributed by atoms with E-state index < -0.39 is 12.1 Å². The maximum atomic E-state index is 13.5. The molecule has 0 saturated heterocycles. The van der Waals surface area contributed by atoms with Crippen LogP contribution in [0.5, 0.6) is 0 Å². The Morgan fingerprint density at radius 2 is 0.989 bits per heavy atom. The standard InChI is InChI=1S/C24H21ClN4O2.C22H20ClN5O2.C20H18ClN5O2/c1-14-13-26-22(16(3)27-14)23(30)28-15(2)20-12-17-8-7-11-19(25)21(17)24(31)29(20)18-9-5-4-6-10-18;1-12(25-21(29)18-13(2)26-27-10-4-9-24-20(18)27)17-11-14-5-3-6-16(23)19(14)22(30)28(17)15-7-8-15;1-11(15-10-13-6-4-7-14(21)17(13)20(28)25(15)3)23-19(27)16-12(2)24-26-9-5-8-22-18(16)26/h4-13,15H,1-3H3,(H,28,30);3-6,9-12,15H,7-8H2,1-2H3,(H,25,29);4-11H,1-3H3,(H,23,27)/t15-;12-;11-/m000/s1. The van der Waals surface area contributed by atoms with Crippen molar-refractivity contribution in [3.05, 3.63) is 249 Å². The SMILES string of the molecule is Cc1cnc(C(=O)N[C@@H](C)c2cc3cccc(Cl)c3c(=O)n2-c2ccccc2)c(C)n1.Cc1nn2cccnc2c1C(=O)N[C@@H](C)c1cc2cccc(Cl)c2c(=O)n1C.Cc1nn2cccnc2c1C(=O)N[C@@H](C)c1cc2cccc(Cl)c2c(=O)n1C1CC1. The maximum Gasteiger partial charge on any atom is 0.272 e. The lowest BCUT2D eigenvalue weighted by molar-refractivity contribution is 0.0926. The molecule has 3 amide bonds. The average molecular weight is 1250 g/mol. The molecule has 4 aromatic carbocycles. The number of halogens is 3. The third-order valence-corrected chi connectivity index (χ3v) is 16.5. The number of carbonyl (C=O) groups is 3. The van der Waals surface area contributed by atoms with Gasteiger partial charge in [-0.2, -0.15) is 10.2 Å². The first kappa shape index (κ1) is 60.8. The summed E-state index contributed by atoms with van der Waals surface area (Å²) in [4.78, 5) is 95.5. The fraction of sp³-hybridized carbons (Fsp3) is 0.212. The lowest BCUT2D eigenvalue weighted by atomic mass is 10.1. The third kappa shape index (κ3) is 12.0. The van der Waals surface area contributed by atoms with Gasteiger partial charge in [-0.05, 0) is 138 Å². The fourth-order valence-electron chi connectivity index (χ4n) is 11.1. The first-order valence-corrected chi connectivity index (χ1v) is 29.7. The van der Waals surface area contributed by atoms with Crippen LogP contribution >= 0.6 is 34.8 Å². The molecule has 3 N–H and O–H groups in total. The summed E-state index contributed by atoms with van der Waals surface area (Å²) in [6.45, 7) is 12.7. The van der Waals surface area contributed by atoms with Crippen molar-refractivity contribution < 1.29 is 14.4 Å². The molecule has 1 saturated carbocycles. The normalized spacial score (nSPS) is 13.1. The van der Waals surface area contributed by atoms with E-state index >= 15 is 0 Å². The van der Waals surface area contributed by atoms with Gasteiger partial charge in [0.15, 0.2) is 11.3 Å².